The Morgan fingerprint density at radius 1 is 1.15 bits per heavy atom. The standard InChI is InChI=1S/C17H19FN6O3/c1-21-14-12(15(25)22(2)17(21)26)23(8-9-27-3)16-20-19-13(24(14)16)10-4-6-11(18)7-5-10/h4-7,12,14H,8-9H2,1-3H3. The van der Waals surface area contributed by atoms with Crippen LogP contribution >= 0.6 is 0 Å². The van der Waals surface area contributed by atoms with E-state index in [2.05, 4.69) is 10.2 Å². The summed E-state index contributed by atoms with van der Waals surface area (Å²) in [7, 11) is 4.68. The van der Waals surface area contributed by atoms with Crippen LogP contribution in [-0.2, 0) is 9.53 Å². The highest BCUT2D eigenvalue weighted by atomic mass is 19.1. The first-order valence-corrected chi connectivity index (χ1v) is 8.46. The highest BCUT2D eigenvalue weighted by Crippen LogP contribution is 2.41. The van der Waals surface area contributed by atoms with Gasteiger partial charge in [0, 0.05) is 33.3 Å². The number of aromatic nitrogens is 3. The number of likely N-dealkylation sites (N-methyl/N-ethyl adjacent to an activating group) is 2. The zero-order chi connectivity index (χ0) is 19.3. The summed E-state index contributed by atoms with van der Waals surface area (Å²) in [5, 5.41) is 8.49. The van der Waals surface area contributed by atoms with Gasteiger partial charge in [0.05, 0.1) is 6.61 Å². The summed E-state index contributed by atoms with van der Waals surface area (Å²) in [4.78, 5) is 29.8. The number of urea groups is 1. The molecule has 0 bridgehead atoms. The van der Waals surface area contributed by atoms with E-state index in [1.54, 1.807) is 35.8 Å². The number of halogens is 1. The van der Waals surface area contributed by atoms with Crippen molar-refractivity contribution in [1.29, 1.82) is 0 Å². The minimum atomic E-state index is -0.627. The van der Waals surface area contributed by atoms with E-state index in [1.165, 1.54) is 24.1 Å². The Labute approximate surface area is 154 Å². The second-order valence-electron chi connectivity index (χ2n) is 6.54. The molecule has 27 heavy (non-hydrogen) atoms. The molecule has 1 aromatic heterocycles. The van der Waals surface area contributed by atoms with Gasteiger partial charge in [-0.15, -0.1) is 10.2 Å². The van der Waals surface area contributed by atoms with Gasteiger partial charge in [0.15, 0.2) is 11.9 Å². The summed E-state index contributed by atoms with van der Waals surface area (Å²) < 4.78 is 20.2. The van der Waals surface area contributed by atoms with Crippen molar-refractivity contribution in [2.45, 2.75) is 12.2 Å². The van der Waals surface area contributed by atoms with Crippen molar-refractivity contribution in [2.24, 2.45) is 0 Å². The van der Waals surface area contributed by atoms with Crippen LogP contribution in [0.3, 0.4) is 0 Å². The van der Waals surface area contributed by atoms with Gasteiger partial charge >= 0.3 is 6.03 Å². The Hall–Kier alpha value is -3.01. The zero-order valence-corrected chi connectivity index (χ0v) is 15.2. The molecule has 2 aliphatic rings. The third kappa shape index (κ3) is 2.47. The topological polar surface area (TPSA) is 83.8 Å². The molecule has 0 spiro atoms. The summed E-state index contributed by atoms with van der Waals surface area (Å²) >= 11 is 0. The zero-order valence-electron chi connectivity index (χ0n) is 15.2. The molecule has 10 heteroatoms. The number of benzene rings is 1. The average Bonchev–Trinajstić information content (AvgIpc) is 3.22. The highest BCUT2D eigenvalue weighted by Gasteiger charge is 2.54. The molecule has 1 saturated heterocycles. The van der Waals surface area contributed by atoms with E-state index >= 15 is 0 Å². The molecule has 0 aliphatic carbocycles. The number of ether oxygens (including phenoxy) is 1. The summed E-state index contributed by atoms with van der Waals surface area (Å²) in [5.74, 6) is 0.276. The lowest BCUT2D eigenvalue weighted by Crippen LogP contribution is -2.61. The van der Waals surface area contributed by atoms with E-state index in [4.69, 9.17) is 4.74 Å². The number of rotatable bonds is 4. The number of fused-ring (bicyclic) bond motifs is 3. The molecular weight excluding hydrogens is 355 g/mol. The normalized spacial score (nSPS) is 21.7. The summed E-state index contributed by atoms with van der Waals surface area (Å²) in [6.45, 7) is 0.803. The fourth-order valence-electron chi connectivity index (χ4n) is 3.66. The van der Waals surface area contributed by atoms with Gasteiger partial charge < -0.3 is 14.5 Å². The summed E-state index contributed by atoms with van der Waals surface area (Å²) in [5.41, 5.74) is 0.648. The lowest BCUT2D eigenvalue weighted by Gasteiger charge is -2.40. The molecule has 4 rings (SSSR count). The molecular formula is C17H19FN6O3. The fraction of sp³-hybridized carbons (Fsp3) is 0.412. The van der Waals surface area contributed by atoms with Gasteiger partial charge in [0.25, 0.3) is 5.91 Å². The Morgan fingerprint density at radius 2 is 1.85 bits per heavy atom. The molecule has 0 N–H and O–H groups in total. The van der Waals surface area contributed by atoms with Crippen LogP contribution in [0.1, 0.15) is 6.17 Å². The molecule has 2 aliphatic heterocycles. The predicted molar refractivity (Wildman–Crippen MR) is 93.4 cm³/mol. The largest absolute Gasteiger partial charge is 0.383 e. The number of hydrogen-bond acceptors (Lipinski definition) is 6. The van der Waals surface area contributed by atoms with Crippen LogP contribution in [0.5, 0.6) is 0 Å². The minimum Gasteiger partial charge on any atom is -0.383 e. The Morgan fingerprint density at radius 3 is 2.52 bits per heavy atom. The number of carbonyl (C=O) groups is 2. The first-order valence-electron chi connectivity index (χ1n) is 8.46. The van der Waals surface area contributed by atoms with E-state index in [-0.39, 0.29) is 11.7 Å². The molecule has 0 saturated carbocycles. The first-order chi connectivity index (χ1) is 13.0. The maximum Gasteiger partial charge on any atom is 0.327 e. The van der Waals surface area contributed by atoms with Gasteiger partial charge in [-0.2, -0.15) is 0 Å². The number of imide groups is 1. The van der Waals surface area contributed by atoms with Crippen molar-refractivity contribution in [2.75, 3.05) is 39.3 Å². The molecule has 3 heterocycles. The van der Waals surface area contributed by atoms with Crippen LogP contribution in [-0.4, -0.2) is 76.9 Å². The van der Waals surface area contributed by atoms with Gasteiger partial charge in [-0.25, -0.2) is 9.18 Å². The monoisotopic (exact) mass is 374 g/mol. The Bertz CT molecular complexity index is 899. The van der Waals surface area contributed by atoms with Crippen molar-refractivity contribution in [1.82, 2.24) is 24.6 Å². The number of carbonyl (C=O) groups excluding carboxylic acids is 2. The molecule has 1 fully saturated rings. The third-order valence-corrected chi connectivity index (χ3v) is 5.03. The second-order valence-corrected chi connectivity index (χ2v) is 6.54. The Kier molecular flexibility index (Phi) is 4.06. The van der Waals surface area contributed by atoms with E-state index in [9.17, 15) is 14.0 Å². The van der Waals surface area contributed by atoms with Crippen molar-refractivity contribution in [3.05, 3.63) is 30.1 Å². The van der Waals surface area contributed by atoms with Crippen molar-refractivity contribution in [3.63, 3.8) is 0 Å². The highest BCUT2D eigenvalue weighted by molar-refractivity contribution is 6.02. The van der Waals surface area contributed by atoms with Gasteiger partial charge in [-0.3, -0.25) is 14.3 Å². The van der Waals surface area contributed by atoms with E-state index in [0.29, 0.717) is 30.5 Å². The fourth-order valence-corrected chi connectivity index (χ4v) is 3.66. The average molecular weight is 374 g/mol. The molecule has 3 amide bonds. The number of methoxy groups -OCH3 is 1. The van der Waals surface area contributed by atoms with Gasteiger partial charge in [-0.05, 0) is 24.3 Å². The van der Waals surface area contributed by atoms with Crippen molar-refractivity contribution >= 4 is 17.9 Å². The number of nitrogens with zero attached hydrogens (tertiary/aromatic N) is 6. The van der Waals surface area contributed by atoms with Crippen LogP contribution in [0.4, 0.5) is 15.1 Å². The van der Waals surface area contributed by atoms with Gasteiger partial charge in [0.1, 0.15) is 12.0 Å². The lowest BCUT2D eigenvalue weighted by atomic mass is 10.1. The van der Waals surface area contributed by atoms with Gasteiger partial charge in [0.2, 0.25) is 5.95 Å². The maximum atomic E-state index is 13.3. The predicted octanol–water partition coefficient (Wildman–Crippen LogP) is 0.942. The maximum absolute atomic E-state index is 13.3. The van der Waals surface area contributed by atoms with Crippen LogP contribution in [0, 0.1) is 5.82 Å². The van der Waals surface area contributed by atoms with Crippen molar-refractivity contribution in [3.8, 4) is 11.4 Å². The third-order valence-electron chi connectivity index (χ3n) is 5.03. The quantitative estimate of drug-likeness (QED) is 0.792. The summed E-state index contributed by atoms with van der Waals surface area (Å²) in [6.07, 6.45) is -0.594. The molecule has 142 valence electrons. The van der Waals surface area contributed by atoms with E-state index < -0.39 is 18.2 Å². The van der Waals surface area contributed by atoms with Crippen LogP contribution < -0.4 is 4.90 Å². The first kappa shape index (κ1) is 17.4. The van der Waals surface area contributed by atoms with Crippen LogP contribution in [0.15, 0.2) is 24.3 Å². The van der Waals surface area contributed by atoms with E-state index in [0.717, 1.165) is 4.90 Å². The number of amides is 3. The Balaban J connectivity index is 1.85. The molecule has 2 aromatic rings. The molecule has 2 unspecified atom stereocenters. The van der Waals surface area contributed by atoms with Crippen molar-refractivity contribution < 1.29 is 18.7 Å². The summed E-state index contributed by atoms with van der Waals surface area (Å²) in [6, 6.07) is 4.83. The van der Waals surface area contributed by atoms with Gasteiger partial charge in [-0.1, -0.05) is 0 Å². The van der Waals surface area contributed by atoms with Crippen LogP contribution in [0.25, 0.3) is 11.4 Å². The second kappa shape index (κ2) is 6.31. The molecule has 1 aromatic carbocycles. The molecule has 2 atom stereocenters. The molecule has 9 nitrogen and oxygen atoms in total. The smallest absolute Gasteiger partial charge is 0.327 e. The van der Waals surface area contributed by atoms with Crippen LogP contribution in [0.2, 0.25) is 0 Å². The lowest BCUT2D eigenvalue weighted by molar-refractivity contribution is -0.133. The SMILES string of the molecule is COCCN1c2nnc(-c3ccc(F)cc3)n2C2C1C(=O)N(C)C(=O)N2C. The number of hydrogen-bond donors (Lipinski definition) is 0. The molecule has 0 radical (unpaired) electrons. The number of anilines is 1. The van der Waals surface area contributed by atoms with E-state index in [1.807, 2.05) is 0 Å². The minimum absolute atomic E-state index is 0.310.